The van der Waals surface area contributed by atoms with Gasteiger partial charge in [-0.3, -0.25) is 4.90 Å². The zero-order valence-electron chi connectivity index (χ0n) is 13.0. The van der Waals surface area contributed by atoms with Crippen molar-refractivity contribution >= 4 is 11.7 Å². The maximum absolute atomic E-state index is 5.71. The van der Waals surface area contributed by atoms with E-state index in [9.17, 15) is 0 Å². The number of benzene rings is 1. The molecule has 0 saturated heterocycles. The highest BCUT2D eigenvalue weighted by Gasteiger charge is 2.29. The molecule has 1 aromatic carbocycles. The van der Waals surface area contributed by atoms with Gasteiger partial charge in [-0.2, -0.15) is 4.98 Å². The number of nitrogens with zero attached hydrogens (tertiary/aromatic N) is 2. The first kappa shape index (κ1) is 14.1. The molecule has 1 atom stereocenters. The summed E-state index contributed by atoms with van der Waals surface area (Å²) < 4.78 is 5.71. The van der Waals surface area contributed by atoms with Crippen LogP contribution in [0.2, 0.25) is 0 Å². The highest BCUT2D eigenvalue weighted by Crippen LogP contribution is 2.37. The second-order valence-corrected chi connectivity index (χ2v) is 6.20. The SMILES string of the molecule is CC(C)CNCc1coc(N2c3ccccc3CC2C)n1. The second kappa shape index (κ2) is 5.90. The molecule has 112 valence electrons. The van der Waals surface area contributed by atoms with Crippen LogP contribution in [0.5, 0.6) is 0 Å². The summed E-state index contributed by atoms with van der Waals surface area (Å²) in [5.41, 5.74) is 3.54. The Kier molecular flexibility index (Phi) is 3.97. The molecule has 4 heteroatoms. The molecule has 2 heterocycles. The first-order valence-electron chi connectivity index (χ1n) is 7.67. The van der Waals surface area contributed by atoms with Crippen molar-refractivity contribution in [2.24, 2.45) is 5.92 Å². The van der Waals surface area contributed by atoms with Gasteiger partial charge < -0.3 is 9.73 Å². The number of rotatable bonds is 5. The van der Waals surface area contributed by atoms with Crippen LogP contribution in [0.25, 0.3) is 0 Å². The number of anilines is 2. The summed E-state index contributed by atoms with van der Waals surface area (Å²) in [6, 6.07) is 9.56. The average Bonchev–Trinajstić information content (AvgIpc) is 3.01. The van der Waals surface area contributed by atoms with E-state index in [1.807, 2.05) is 0 Å². The third-order valence-electron chi connectivity index (χ3n) is 3.81. The number of oxazole rings is 1. The topological polar surface area (TPSA) is 41.3 Å². The van der Waals surface area contributed by atoms with Gasteiger partial charge in [0.25, 0.3) is 0 Å². The number of hydrogen-bond acceptors (Lipinski definition) is 4. The molecule has 21 heavy (non-hydrogen) atoms. The summed E-state index contributed by atoms with van der Waals surface area (Å²) >= 11 is 0. The number of para-hydroxylation sites is 1. The molecular weight excluding hydrogens is 262 g/mol. The molecule has 1 aliphatic heterocycles. The molecular formula is C17H23N3O. The fraction of sp³-hybridized carbons (Fsp3) is 0.471. The van der Waals surface area contributed by atoms with Gasteiger partial charge in [-0.05, 0) is 37.4 Å². The molecule has 0 fully saturated rings. The molecule has 0 radical (unpaired) electrons. The number of hydrogen-bond donors (Lipinski definition) is 1. The predicted molar refractivity (Wildman–Crippen MR) is 84.8 cm³/mol. The van der Waals surface area contributed by atoms with E-state index in [0.29, 0.717) is 18.0 Å². The van der Waals surface area contributed by atoms with Crippen molar-refractivity contribution in [3.05, 3.63) is 41.8 Å². The van der Waals surface area contributed by atoms with E-state index in [-0.39, 0.29) is 0 Å². The molecule has 2 aromatic rings. The lowest BCUT2D eigenvalue weighted by Crippen LogP contribution is -2.24. The van der Waals surface area contributed by atoms with Crippen LogP contribution < -0.4 is 10.2 Å². The molecule has 3 rings (SSSR count). The Bertz CT molecular complexity index is 606. The molecule has 0 saturated carbocycles. The van der Waals surface area contributed by atoms with Crippen molar-refractivity contribution in [2.45, 2.75) is 39.8 Å². The predicted octanol–water partition coefficient (Wildman–Crippen LogP) is 3.50. The van der Waals surface area contributed by atoms with Crippen LogP contribution in [0, 0.1) is 5.92 Å². The molecule has 1 aliphatic rings. The fourth-order valence-electron chi connectivity index (χ4n) is 2.83. The van der Waals surface area contributed by atoms with E-state index in [4.69, 9.17) is 4.42 Å². The van der Waals surface area contributed by atoms with Crippen LogP contribution in [0.1, 0.15) is 32.0 Å². The van der Waals surface area contributed by atoms with Crippen molar-refractivity contribution < 1.29 is 4.42 Å². The molecule has 1 unspecified atom stereocenters. The van der Waals surface area contributed by atoms with Crippen LogP contribution in [0.15, 0.2) is 34.9 Å². The van der Waals surface area contributed by atoms with Gasteiger partial charge in [-0.25, -0.2) is 0 Å². The lowest BCUT2D eigenvalue weighted by Gasteiger charge is -2.20. The van der Waals surface area contributed by atoms with Gasteiger partial charge in [0.1, 0.15) is 6.26 Å². The Morgan fingerprint density at radius 2 is 2.19 bits per heavy atom. The lowest BCUT2D eigenvalue weighted by molar-refractivity contribution is 0.532. The van der Waals surface area contributed by atoms with Gasteiger partial charge in [-0.15, -0.1) is 0 Å². The monoisotopic (exact) mass is 285 g/mol. The van der Waals surface area contributed by atoms with Crippen LogP contribution >= 0.6 is 0 Å². The lowest BCUT2D eigenvalue weighted by atomic mass is 10.1. The van der Waals surface area contributed by atoms with E-state index in [0.717, 1.165) is 25.2 Å². The number of fused-ring (bicyclic) bond motifs is 1. The van der Waals surface area contributed by atoms with Crippen molar-refractivity contribution in [2.75, 3.05) is 11.4 Å². The van der Waals surface area contributed by atoms with Gasteiger partial charge in [0.2, 0.25) is 0 Å². The number of nitrogens with one attached hydrogen (secondary N) is 1. The summed E-state index contributed by atoms with van der Waals surface area (Å²) in [6.07, 6.45) is 2.80. The summed E-state index contributed by atoms with van der Waals surface area (Å²) in [5, 5.41) is 3.39. The molecule has 0 aliphatic carbocycles. The Hall–Kier alpha value is -1.81. The van der Waals surface area contributed by atoms with Crippen LogP contribution in [0.3, 0.4) is 0 Å². The zero-order chi connectivity index (χ0) is 14.8. The quantitative estimate of drug-likeness (QED) is 0.913. The van der Waals surface area contributed by atoms with Crippen molar-refractivity contribution in [1.29, 1.82) is 0 Å². The minimum atomic E-state index is 0.387. The maximum Gasteiger partial charge on any atom is 0.302 e. The Morgan fingerprint density at radius 3 is 3.00 bits per heavy atom. The van der Waals surface area contributed by atoms with E-state index in [1.165, 1.54) is 11.3 Å². The normalized spacial score (nSPS) is 17.5. The van der Waals surface area contributed by atoms with Gasteiger partial charge in [0.15, 0.2) is 0 Å². The third-order valence-corrected chi connectivity index (χ3v) is 3.81. The van der Waals surface area contributed by atoms with E-state index in [2.05, 4.69) is 60.2 Å². The summed E-state index contributed by atoms with van der Waals surface area (Å²) in [6.45, 7) is 8.35. The van der Waals surface area contributed by atoms with Gasteiger partial charge in [0, 0.05) is 18.3 Å². The van der Waals surface area contributed by atoms with E-state index in [1.54, 1.807) is 6.26 Å². The third kappa shape index (κ3) is 2.95. The Morgan fingerprint density at radius 1 is 1.38 bits per heavy atom. The zero-order valence-corrected chi connectivity index (χ0v) is 13.0. The fourth-order valence-corrected chi connectivity index (χ4v) is 2.83. The summed E-state index contributed by atoms with van der Waals surface area (Å²) in [4.78, 5) is 6.83. The Labute approximate surface area is 126 Å². The van der Waals surface area contributed by atoms with Crippen molar-refractivity contribution in [1.82, 2.24) is 10.3 Å². The standard InChI is InChI=1S/C17H23N3O/c1-12(2)9-18-10-15-11-21-17(19-15)20-13(3)8-14-6-4-5-7-16(14)20/h4-7,11-13,18H,8-10H2,1-3H3. The molecule has 0 amide bonds. The van der Waals surface area contributed by atoms with Gasteiger partial charge >= 0.3 is 6.01 Å². The highest BCUT2D eigenvalue weighted by atomic mass is 16.4. The summed E-state index contributed by atoms with van der Waals surface area (Å²) in [7, 11) is 0. The van der Waals surface area contributed by atoms with Gasteiger partial charge in [0.05, 0.1) is 5.69 Å². The molecule has 1 aromatic heterocycles. The van der Waals surface area contributed by atoms with Crippen LogP contribution in [0.4, 0.5) is 11.7 Å². The largest absolute Gasteiger partial charge is 0.431 e. The molecule has 1 N–H and O–H groups in total. The smallest absolute Gasteiger partial charge is 0.302 e. The first-order valence-corrected chi connectivity index (χ1v) is 7.67. The van der Waals surface area contributed by atoms with Crippen molar-refractivity contribution in [3.63, 3.8) is 0 Å². The van der Waals surface area contributed by atoms with Crippen molar-refractivity contribution in [3.8, 4) is 0 Å². The van der Waals surface area contributed by atoms with Crippen LogP contribution in [-0.4, -0.2) is 17.6 Å². The minimum Gasteiger partial charge on any atom is -0.431 e. The second-order valence-electron chi connectivity index (χ2n) is 6.20. The summed E-state index contributed by atoms with van der Waals surface area (Å²) in [5.74, 6) is 0.641. The Balaban J connectivity index is 1.74. The number of aromatic nitrogens is 1. The van der Waals surface area contributed by atoms with E-state index < -0.39 is 0 Å². The highest BCUT2D eigenvalue weighted by molar-refractivity contribution is 5.66. The maximum atomic E-state index is 5.71. The average molecular weight is 285 g/mol. The van der Waals surface area contributed by atoms with E-state index >= 15 is 0 Å². The first-order chi connectivity index (χ1) is 10.1. The van der Waals surface area contributed by atoms with Crippen LogP contribution in [-0.2, 0) is 13.0 Å². The molecule has 4 nitrogen and oxygen atoms in total. The minimum absolute atomic E-state index is 0.387. The molecule has 0 bridgehead atoms. The molecule has 0 spiro atoms. The van der Waals surface area contributed by atoms with Gasteiger partial charge in [-0.1, -0.05) is 32.0 Å².